The van der Waals surface area contributed by atoms with E-state index in [0.29, 0.717) is 60.5 Å². The fraction of sp³-hybridized carbons (Fsp3) is 0.100. The average molecular weight is 1320 g/mol. The molecule has 0 saturated carbocycles. The van der Waals surface area contributed by atoms with Gasteiger partial charge < -0.3 is 38.5 Å². The number of nitrogens with zero attached hydrogens (tertiary/aromatic N) is 6. The van der Waals surface area contributed by atoms with Gasteiger partial charge in [-0.1, -0.05) is 133 Å². The van der Waals surface area contributed by atoms with Crippen LogP contribution in [0.2, 0.25) is 30.8 Å². The second-order valence-corrected chi connectivity index (χ2v) is 19.9. The van der Waals surface area contributed by atoms with Crippen molar-refractivity contribution in [1.82, 2.24) is 29.9 Å². The van der Waals surface area contributed by atoms with Crippen LogP contribution in [0.25, 0.3) is 0 Å². The Kier molecular flexibility index (Phi) is 28.1. The Hall–Kier alpha value is -9.29. The first-order chi connectivity index (χ1) is 41.6. The molecule has 5 aromatic carbocycles. The number of anilines is 8. The van der Waals surface area contributed by atoms with E-state index in [1.54, 1.807) is 47.8 Å². The molecule has 0 bridgehead atoms. The van der Waals surface area contributed by atoms with E-state index in [4.69, 9.17) is 86.8 Å². The molecule has 0 aliphatic heterocycles. The van der Waals surface area contributed by atoms with Crippen molar-refractivity contribution >= 4 is 151 Å². The summed E-state index contributed by atoms with van der Waals surface area (Å²) in [5.41, 5.74) is 23.2. The number of nitrogen functional groups attached to an aromatic ring is 1. The molecule has 0 aliphatic carbocycles. The van der Waals surface area contributed by atoms with Crippen molar-refractivity contribution in [2.45, 2.75) is 39.3 Å². The van der Waals surface area contributed by atoms with Gasteiger partial charge in [0.1, 0.15) is 10.0 Å². The van der Waals surface area contributed by atoms with Gasteiger partial charge in [-0.15, -0.1) is 0 Å². The van der Waals surface area contributed by atoms with E-state index in [9.17, 15) is 41.9 Å². The molecule has 0 saturated heterocycles. The average Bonchev–Trinajstić information content (AvgIpc) is 3.34. The van der Waals surface area contributed by atoms with E-state index in [1.807, 2.05) is 62.4 Å². The highest BCUT2D eigenvalue weighted by molar-refractivity contribution is 6.41. The highest BCUT2D eigenvalue weighted by Gasteiger charge is 2.39. The number of carbonyl (C=O) groups is 6. The number of alkyl halides is 3. The van der Waals surface area contributed by atoms with Crippen molar-refractivity contribution in [2.75, 3.05) is 27.0 Å². The number of halogens is 9. The van der Waals surface area contributed by atoms with Gasteiger partial charge in [-0.05, 0) is 126 Å². The minimum atomic E-state index is -4.96. The predicted octanol–water partition coefficient (Wildman–Crippen LogP) is 13.7. The molecule has 3 aromatic heterocycles. The Labute approximate surface area is 532 Å². The van der Waals surface area contributed by atoms with Crippen molar-refractivity contribution < 1.29 is 41.9 Å². The number of nitrogens with one attached hydrogen (secondary N) is 4. The molecule has 0 fully saturated rings. The van der Waals surface area contributed by atoms with Crippen molar-refractivity contribution in [2.24, 2.45) is 11.5 Å². The Bertz CT molecular complexity index is 3880. The van der Waals surface area contributed by atoms with Gasteiger partial charge in [-0.3, -0.25) is 28.8 Å². The van der Waals surface area contributed by atoms with E-state index in [-0.39, 0.29) is 64.0 Å². The monoisotopic (exact) mass is 1320 g/mol. The molecule has 456 valence electrons. The van der Waals surface area contributed by atoms with Gasteiger partial charge in [0, 0.05) is 58.8 Å². The van der Waals surface area contributed by atoms with Crippen LogP contribution >= 0.6 is 69.6 Å². The van der Waals surface area contributed by atoms with Crippen LogP contribution in [0.5, 0.6) is 0 Å². The van der Waals surface area contributed by atoms with Crippen molar-refractivity contribution in [3.05, 3.63) is 235 Å². The maximum atomic E-state index is 12.1. The standard InChI is InChI=1S/C22H20ClN5O2.C14H11Cl2N3O.C12H10F3NO2.C8H10N2O.C4HCl3N2/c1-3-16(29)10-14-6-4-5-7-18(14)26-21-17(23)12-25-22(28-21)27-19-11-15(20(24)30)9-8-13(19)2;1-2-10(20)7-9-5-3-4-6-12(9)18-13-11(15)8-17-14(16)19-13;1-2-9(17)7-8-5-3-4-6-10(8)16-11(18)12(13,14)15;1-5-2-3-6(8(10)11)4-7(5)9;5-2-1-8-4(7)9-3(2)6/h3-9,11-12H,1,10H2,2H3,(H2,24,30)(H2,25,26,27,28);2-6,8H,1,7H2,(H,17,18,19);2-6H,1,7H2,(H,16,18);2-4H,9H2,1H3,(H2,10,11);1H. The van der Waals surface area contributed by atoms with Crippen molar-refractivity contribution in [3.63, 3.8) is 0 Å². The molecule has 28 heteroatoms. The number of nitrogens with two attached hydrogens (primary N) is 3. The molecular formula is C60H52Cl6F3N13O6. The number of hydrogen-bond acceptors (Lipinski definition) is 16. The molecule has 0 unspecified atom stereocenters. The molecule has 0 aliphatic rings. The number of para-hydroxylation sites is 3. The van der Waals surface area contributed by atoms with Gasteiger partial charge in [-0.2, -0.15) is 23.1 Å². The molecule has 0 spiro atoms. The maximum absolute atomic E-state index is 12.1. The van der Waals surface area contributed by atoms with Crippen LogP contribution in [-0.2, 0) is 38.4 Å². The number of benzene rings is 5. The molecule has 0 atom stereocenters. The fourth-order valence-electron chi connectivity index (χ4n) is 6.72. The number of aromatic nitrogens is 6. The number of aryl methyl sites for hydroxylation is 2. The molecule has 3 heterocycles. The zero-order valence-corrected chi connectivity index (χ0v) is 50.9. The maximum Gasteiger partial charge on any atom is 0.471 e. The zero-order valence-electron chi connectivity index (χ0n) is 46.4. The summed E-state index contributed by atoms with van der Waals surface area (Å²) in [7, 11) is 0. The molecular weight excluding hydrogens is 1270 g/mol. The number of rotatable bonds is 18. The number of carbonyl (C=O) groups excluding carboxylic acids is 6. The molecule has 0 radical (unpaired) electrons. The molecule has 88 heavy (non-hydrogen) atoms. The minimum Gasteiger partial charge on any atom is -0.398 e. The lowest BCUT2D eigenvalue weighted by atomic mass is 10.1. The SMILES string of the molecule is C=CC(=O)Cc1ccccc1NC(=O)C(F)(F)F.C=CC(=O)Cc1ccccc1Nc1nc(Cl)ncc1Cl.C=CC(=O)Cc1ccccc1Nc1nc(Nc2cc(C(N)=O)ccc2C)ncc1Cl.Cc1ccc(C(N)=O)cc1N.Clc1ncc(Cl)c(Cl)n1. The first-order valence-electron chi connectivity index (χ1n) is 25.1. The highest BCUT2D eigenvalue weighted by atomic mass is 35.5. The van der Waals surface area contributed by atoms with Crippen LogP contribution in [0.15, 0.2) is 166 Å². The Balaban J connectivity index is 0.000000250. The van der Waals surface area contributed by atoms with Crippen LogP contribution in [-0.4, -0.2) is 71.2 Å². The zero-order chi connectivity index (χ0) is 65.3. The first-order valence-corrected chi connectivity index (χ1v) is 27.4. The summed E-state index contributed by atoms with van der Waals surface area (Å²) in [6, 6.07) is 30.6. The van der Waals surface area contributed by atoms with Gasteiger partial charge in [-0.25, -0.2) is 19.9 Å². The summed E-state index contributed by atoms with van der Waals surface area (Å²) < 4.78 is 36.3. The van der Waals surface area contributed by atoms with E-state index in [2.05, 4.69) is 65.6 Å². The second kappa shape index (κ2) is 34.8. The van der Waals surface area contributed by atoms with E-state index < -0.39 is 23.9 Å². The van der Waals surface area contributed by atoms with Gasteiger partial charge in [0.15, 0.2) is 34.1 Å². The van der Waals surface area contributed by atoms with Gasteiger partial charge >= 0.3 is 12.1 Å². The van der Waals surface area contributed by atoms with Crippen LogP contribution in [0.4, 0.5) is 59.2 Å². The number of amides is 3. The molecule has 3 amide bonds. The van der Waals surface area contributed by atoms with Crippen molar-refractivity contribution in [1.29, 1.82) is 0 Å². The van der Waals surface area contributed by atoms with E-state index in [1.165, 1.54) is 48.9 Å². The lowest BCUT2D eigenvalue weighted by Gasteiger charge is -2.14. The number of ketones is 3. The number of hydrogen-bond donors (Lipinski definition) is 7. The Morgan fingerprint density at radius 1 is 0.511 bits per heavy atom. The molecule has 10 N–H and O–H groups in total. The number of allylic oxidation sites excluding steroid dienone is 3. The summed E-state index contributed by atoms with van der Waals surface area (Å²) >= 11 is 34.3. The normalized spacial score (nSPS) is 10.2. The Morgan fingerprint density at radius 3 is 1.36 bits per heavy atom. The summed E-state index contributed by atoms with van der Waals surface area (Å²) in [5.74, 6) is -2.49. The van der Waals surface area contributed by atoms with Crippen LogP contribution in [0.3, 0.4) is 0 Å². The smallest absolute Gasteiger partial charge is 0.398 e. The molecule has 19 nitrogen and oxygen atoms in total. The predicted molar refractivity (Wildman–Crippen MR) is 341 cm³/mol. The van der Waals surface area contributed by atoms with E-state index >= 15 is 0 Å². The second-order valence-electron chi connectivity index (χ2n) is 17.7. The van der Waals surface area contributed by atoms with Crippen molar-refractivity contribution in [3.8, 4) is 0 Å². The summed E-state index contributed by atoms with van der Waals surface area (Å²) in [6.07, 6.45) is 3.27. The van der Waals surface area contributed by atoms with E-state index in [0.717, 1.165) is 34.0 Å². The third-order valence-electron chi connectivity index (χ3n) is 11.3. The lowest BCUT2D eigenvalue weighted by Crippen LogP contribution is -2.30. The summed E-state index contributed by atoms with van der Waals surface area (Å²) in [6.45, 7) is 14.0. The van der Waals surface area contributed by atoms with Gasteiger partial charge in [0.05, 0.1) is 23.6 Å². The molecule has 8 rings (SSSR count). The summed E-state index contributed by atoms with van der Waals surface area (Å²) in [5, 5.41) is 12.4. The quantitative estimate of drug-likeness (QED) is 0.0182. The van der Waals surface area contributed by atoms with Crippen LogP contribution in [0.1, 0.15) is 48.5 Å². The minimum absolute atomic E-state index is 0.0324. The summed E-state index contributed by atoms with van der Waals surface area (Å²) in [4.78, 5) is 90.9. The topological polar surface area (TPSA) is 306 Å². The number of primary amides is 2. The van der Waals surface area contributed by atoms with Gasteiger partial charge in [0.25, 0.3) is 0 Å². The fourth-order valence-corrected chi connectivity index (χ4v) is 7.52. The van der Waals surface area contributed by atoms with Crippen LogP contribution in [0, 0.1) is 13.8 Å². The van der Waals surface area contributed by atoms with Gasteiger partial charge in [0.2, 0.25) is 28.3 Å². The largest absolute Gasteiger partial charge is 0.471 e. The van der Waals surface area contributed by atoms with Crippen LogP contribution < -0.4 is 38.5 Å². The lowest BCUT2D eigenvalue weighted by molar-refractivity contribution is -0.167. The third kappa shape index (κ3) is 23.5. The first kappa shape index (κ1) is 71.2. The molecule has 8 aromatic rings. The highest BCUT2D eigenvalue weighted by Crippen LogP contribution is 2.30. The third-order valence-corrected chi connectivity index (χ3v) is 12.9. The Morgan fingerprint density at radius 2 is 0.920 bits per heavy atom.